The molecule has 1 saturated heterocycles. The van der Waals surface area contributed by atoms with Crippen molar-refractivity contribution in [1.82, 2.24) is 0 Å². The Morgan fingerprint density at radius 2 is 2.00 bits per heavy atom. The summed E-state index contributed by atoms with van der Waals surface area (Å²) in [5, 5.41) is 0.517. The fraction of sp³-hybridized carbons (Fsp3) is 0.300. The molecule has 0 spiro atoms. The van der Waals surface area contributed by atoms with Crippen molar-refractivity contribution in [1.29, 1.82) is 0 Å². The summed E-state index contributed by atoms with van der Waals surface area (Å²) in [5.41, 5.74) is 1.32. The molecule has 0 atom stereocenters. The molecule has 1 aromatic rings. The number of halogens is 1. The molecule has 3 nitrogen and oxygen atoms in total. The van der Waals surface area contributed by atoms with Gasteiger partial charge < -0.3 is 9.47 Å². The number of aldehydes is 1. The molecule has 1 aliphatic heterocycles. The Hall–Kier alpha value is -0.900. The minimum Gasteiger partial charge on any atom is -0.346 e. The molecule has 0 aliphatic carbocycles. The number of hydrogen-bond donors (Lipinski definition) is 0. The maximum atomic E-state index is 10.6. The van der Waals surface area contributed by atoms with E-state index in [1.165, 1.54) is 0 Å². The average molecular weight is 213 g/mol. The molecule has 0 radical (unpaired) electrons. The van der Waals surface area contributed by atoms with Gasteiger partial charge in [0, 0.05) is 16.1 Å². The summed E-state index contributed by atoms with van der Waals surface area (Å²) in [6.07, 6.45) is 0.372. The second kappa shape index (κ2) is 4.09. The molecule has 0 N–H and O–H groups in total. The Balaban J connectivity index is 2.31. The number of carbonyl (C=O) groups excluding carboxylic acids is 1. The molecule has 4 heteroatoms. The monoisotopic (exact) mass is 212 g/mol. The van der Waals surface area contributed by atoms with Crippen molar-refractivity contribution < 1.29 is 14.3 Å². The zero-order chi connectivity index (χ0) is 9.97. The summed E-state index contributed by atoms with van der Waals surface area (Å²) in [5.74, 6) is 0. The van der Waals surface area contributed by atoms with Gasteiger partial charge >= 0.3 is 0 Å². The Morgan fingerprint density at radius 3 is 2.64 bits per heavy atom. The summed E-state index contributed by atoms with van der Waals surface area (Å²) >= 11 is 5.84. The predicted octanol–water partition coefficient (Wildman–Crippen LogP) is 2.20. The molecule has 1 aromatic carbocycles. The maximum Gasteiger partial charge on any atom is 0.184 e. The van der Waals surface area contributed by atoms with E-state index in [1.807, 2.05) is 0 Å². The first-order valence-corrected chi connectivity index (χ1v) is 4.66. The third-order valence-corrected chi connectivity index (χ3v) is 2.19. The van der Waals surface area contributed by atoms with Crippen LogP contribution in [0.2, 0.25) is 5.02 Å². The number of benzene rings is 1. The van der Waals surface area contributed by atoms with Crippen LogP contribution in [0.5, 0.6) is 0 Å². The van der Waals surface area contributed by atoms with E-state index in [1.54, 1.807) is 18.2 Å². The lowest BCUT2D eigenvalue weighted by molar-refractivity contribution is -0.0441. The Kier molecular flexibility index (Phi) is 2.82. The SMILES string of the molecule is O=Cc1cc(Cl)cc(C2OCCO2)c1. The van der Waals surface area contributed by atoms with Crippen LogP contribution in [0.3, 0.4) is 0 Å². The normalized spacial score (nSPS) is 17.2. The van der Waals surface area contributed by atoms with Crippen LogP contribution >= 0.6 is 11.6 Å². The lowest BCUT2D eigenvalue weighted by atomic mass is 10.1. The van der Waals surface area contributed by atoms with Crippen LogP contribution in [0.15, 0.2) is 18.2 Å². The first-order valence-electron chi connectivity index (χ1n) is 4.28. The van der Waals surface area contributed by atoms with E-state index >= 15 is 0 Å². The van der Waals surface area contributed by atoms with Gasteiger partial charge in [-0.05, 0) is 18.2 Å². The van der Waals surface area contributed by atoms with Crippen molar-refractivity contribution in [2.24, 2.45) is 0 Å². The number of hydrogen-bond acceptors (Lipinski definition) is 3. The highest BCUT2D eigenvalue weighted by Crippen LogP contribution is 2.26. The minimum absolute atomic E-state index is 0.382. The molecule has 1 heterocycles. The van der Waals surface area contributed by atoms with Gasteiger partial charge in [0.1, 0.15) is 6.29 Å². The van der Waals surface area contributed by atoms with Gasteiger partial charge in [0.05, 0.1) is 13.2 Å². The molecule has 1 aliphatic rings. The number of ether oxygens (including phenoxy) is 2. The molecule has 0 aromatic heterocycles. The minimum atomic E-state index is -0.382. The highest BCUT2D eigenvalue weighted by Gasteiger charge is 2.18. The second-order valence-electron chi connectivity index (χ2n) is 3.01. The Bertz CT molecular complexity index is 345. The molecular weight excluding hydrogens is 204 g/mol. The molecule has 0 bridgehead atoms. The van der Waals surface area contributed by atoms with Crippen LogP contribution in [0.4, 0.5) is 0 Å². The highest BCUT2D eigenvalue weighted by molar-refractivity contribution is 6.30. The van der Waals surface area contributed by atoms with Gasteiger partial charge in [-0.15, -0.1) is 0 Å². The van der Waals surface area contributed by atoms with Gasteiger partial charge in [-0.25, -0.2) is 0 Å². The van der Waals surface area contributed by atoms with E-state index in [0.717, 1.165) is 11.8 Å². The maximum absolute atomic E-state index is 10.6. The van der Waals surface area contributed by atoms with Crippen LogP contribution < -0.4 is 0 Å². The van der Waals surface area contributed by atoms with Crippen LogP contribution in [-0.4, -0.2) is 19.5 Å². The summed E-state index contributed by atoms with van der Waals surface area (Å²) in [6.45, 7) is 1.15. The third-order valence-electron chi connectivity index (χ3n) is 1.97. The fourth-order valence-electron chi connectivity index (χ4n) is 1.39. The molecular formula is C10H9ClO3. The largest absolute Gasteiger partial charge is 0.346 e. The first kappa shape index (κ1) is 9.65. The molecule has 0 saturated carbocycles. The topological polar surface area (TPSA) is 35.5 Å². The zero-order valence-corrected chi connectivity index (χ0v) is 8.16. The van der Waals surface area contributed by atoms with Gasteiger partial charge in [-0.3, -0.25) is 4.79 Å². The van der Waals surface area contributed by atoms with Crippen molar-refractivity contribution in [2.75, 3.05) is 13.2 Å². The molecule has 14 heavy (non-hydrogen) atoms. The standard InChI is InChI=1S/C10H9ClO3/c11-9-4-7(6-12)3-8(5-9)10-13-1-2-14-10/h3-6,10H,1-2H2. The van der Waals surface area contributed by atoms with Crippen molar-refractivity contribution in [3.8, 4) is 0 Å². The highest BCUT2D eigenvalue weighted by atomic mass is 35.5. The molecule has 0 unspecified atom stereocenters. The zero-order valence-electron chi connectivity index (χ0n) is 7.40. The predicted molar refractivity (Wildman–Crippen MR) is 51.5 cm³/mol. The molecule has 2 rings (SSSR count). The summed E-state index contributed by atoms with van der Waals surface area (Å²) in [6, 6.07) is 5.06. The quantitative estimate of drug-likeness (QED) is 0.705. The smallest absolute Gasteiger partial charge is 0.184 e. The van der Waals surface area contributed by atoms with E-state index in [0.29, 0.717) is 23.8 Å². The van der Waals surface area contributed by atoms with E-state index in [-0.39, 0.29) is 6.29 Å². The van der Waals surface area contributed by atoms with Crippen molar-refractivity contribution in [2.45, 2.75) is 6.29 Å². The van der Waals surface area contributed by atoms with Crippen LogP contribution in [-0.2, 0) is 9.47 Å². The van der Waals surface area contributed by atoms with Crippen molar-refractivity contribution in [3.63, 3.8) is 0 Å². The van der Waals surface area contributed by atoms with E-state index < -0.39 is 0 Å². The number of carbonyl (C=O) groups is 1. The van der Waals surface area contributed by atoms with Gasteiger partial charge in [-0.1, -0.05) is 11.6 Å². The third kappa shape index (κ3) is 1.95. The van der Waals surface area contributed by atoms with E-state index in [4.69, 9.17) is 21.1 Å². The van der Waals surface area contributed by atoms with Gasteiger partial charge in [0.25, 0.3) is 0 Å². The molecule has 1 fully saturated rings. The van der Waals surface area contributed by atoms with Crippen molar-refractivity contribution >= 4 is 17.9 Å². The van der Waals surface area contributed by atoms with E-state index in [2.05, 4.69) is 0 Å². The average Bonchev–Trinajstić information content (AvgIpc) is 2.69. The molecule has 74 valence electrons. The second-order valence-corrected chi connectivity index (χ2v) is 3.45. The summed E-state index contributed by atoms with van der Waals surface area (Å²) in [4.78, 5) is 10.6. The van der Waals surface area contributed by atoms with Gasteiger partial charge in [0.15, 0.2) is 6.29 Å². The fourth-order valence-corrected chi connectivity index (χ4v) is 1.64. The molecule has 0 amide bonds. The van der Waals surface area contributed by atoms with Gasteiger partial charge in [0.2, 0.25) is 0 Å². The van der Waals surface area contributed by atoms with Crippen LogP contribution in [0.25, 0.3) is 0 Å². The lowest BCUT2D eigenvalue weighted by Gasteiger charge is -2.09. The lowest BCUT2D eigenvalue weighted by Crippen LogP contribution is -1.98. The van der Waals surface area contributed by atoms with Gasteiger partial charge in [-0.2, -0.15) is 0 Å². The van der Waals surface area contributed by atoms with Crippen LogP contribution in [0, 0.1) is 0 Å². The Labute approximate surface area is 86.6 Å². The van der Waals surface area contributed by atoms with E-state index in [9.17, 15) is 4.79 Å². The Morgan fingerprint density at radius 1 is 1.29 bits per heavy atom. The van der Waals surface area contributed by atoms with Crippen LogP contribution in [0.1, 0.15) is 22.2 Å². The van der Waals surface area contributed by atoms with Crippen molar-refractivity contribution in [3.05, 3.63) is 34.3 Å². The summed E-state index contributed by atoms with van der Waals surface area (Å²) < 4.78 is 10.6. The first-order chi connectivity index (χ1) is 6.79. The number of rotatable bonds is 2. The summed E-state index contributed by atoms with van der Waals surface area (Å²) in [7, 11) is 0.